The van der Waals surface area contributed by atoms with E-state index in [-0.39, 0.29) is 12.8 Å². The molecule has 0 heterocycles. The summed E-state index contributed by atoms with van der Waals surface area (Å²) in [6.07, 6.45) is 25.6. The summed E-state index contributed by atoms with van der Waals surface area (Å²) in [7, 11) is -5.14. The molecule has 0 radical (unpaired) electrons. The van der Waals surface area contributed by atoms with Gasteiger partial charge in [-0.05, 0) is 51.4 Å². The zero-order valence-electron chi connectivity index (χ0n) is 33.4. The fraction of sp³-hybridized carbons (Fsp3) is 0.667. The Labute approximate surface area is 334 Å². The third kappa shape index (κ3) is 24.8. The van der Waals surface area contributed by atoms with Crippen molar-refractivity contribution in [2.24, 2.45) is 0 Å². The maximum Gasteiger partial charge on any atom is 0.472 e. The number of allylic oxidation sites excluding steroid dienone is 12. The van der Waals surface area contributed by atoms with Gasteiger partial charge in [-0.2, -0.15) is 0 Å². The highest BCUT2D eigenvalue weighted by molar-refractivity contribution is 7.47. The lowest BCUT2D eigenvalue weighted by Crippen LogP contribution is -2.64. The molecule has 1 aliphatic rings. The average Bonchev–Trinajstić information content (AvgIpc) is 3.18. The van der Waals surface area contributed by atoms with E-state index in [4.69, 9.17) is 18.5 Å². The maximum atomic E-state index is 12.8. The normalized spacial score (nSPS) is 23.6. The Bertz CT molecular complexity index is 1260. The van der Waals surface area contributed by atoms with Crippen LogP contribution in [0, 0.1) is 0 Å². The maximum absolute atomic E-state index is 12.8. The van der Waals surface area contributed by atoms with Gasteiger partial charge in [0.1, 0.15) is 43.2 Å². The second kappa shape index (κ2) is 32.3. The van der Waals surface area contributed by atoms with Crippen molar-refractivity contribution < 1.29 is 63.1 Å². The fourth-order valence-corrected chi connectivity index (χ4v) is 6.58. The molecule has 56 heavy (non-hydrogen) atoms. The van der Waals surface area contributed by atoms with E-state index in [1.54, 1.807) is 0 Å². The van der Waals surface area contributed by atoms with Gasteiger partial charge in [0, 0.05) is 12.8 Å². The van der Waals surface area contributed by atoms with Crippen LogP contribution < -0.4 is 0 Å². The smallest absolute Gasteiger partial charge is 0.462 e. The first kappa shape index (κ1) is 51.3. The van der Waals surface area contributed by atoms with E-state index in [1.807, 2.05) is 54.7 Å². The van der Waals surface area contributed by atoms with E-state index in [0.29, 0.717) is 19.3 Å². The van der Waals surface area contributed by atoms with Crippen molar-refractivity contribution in [3.05, 3.63) is 72.9 Å². The Morgan fingerprint density at radius 2 is 1.05 bits per heavy atom. The summed E-state index contributed by atoms with van der Waals surface area (Å²) in [4.78, 5) is 35.5. The van der Waals surface area contributed by atoms with Crippen molar-refractivity contribution in [3.63, 3.8) is 0 Å². The number of rotatable bonds is 31. The lowest BCUT2D eigenvalue weighted by molar-refractivity contribution is -0.220. The number of carbonyl (C=O) groups is 2. The van der Waals surface area contributed by atoms with Gasteiger partial charge in [-0.15, -0.1) is 0 Å². The highest BCUT2D eigenvalue weighted by Crippen LogP contribution is 2.47. The first-order valence-corrected chi connectivity index (χ1v) is 21.8. The summed E-state index contributed by atoms with van der Waals surface area (Å²) in [6, 6.07) is 0. The van der Waals surface area contributed by atoms with Crippen molar-refractivity contribution in [1.82, 2.24) is 0 Å². The highest BCUT2D eigenvalue weighted by Gasteiger charge is 2.51. The molecule has 0 spiro atoms. The van der Waals surface area contributed by atoms with Crippen LogP contribution in [0.25, 0.3) is 0 Å². The molecule has 14 heteroatoms. The predicted molar refractivity (Wildman–Crippen MR) is 216 cm³/mol. The molecule has 320 valence electrons. The van der Waals surface area contributed by atoms with E-state index in [2.05, 4.69) is 32.1 Å². The van der Waals surface area contributed by atoms with Gasteiger partial charge in [-0.1, -0.05) is 132 Å². The van der Waals surface area contributed by atoms with Crippen LogP contribution in [0.5, 0.6) is 0 Å². The Kier molecular flexibility index (Phi) is 29.6. The number of unbranched alkanes of at least 4 members (excludes halogenated alkanes) is 11. The van der Waals surface area contributed by atoms with Crippen LogP contribution in [-0.2, 0) is 32.7 Å². The van der Waals surface area contributed by atoms with Gasteiger partial charge >= 0.3 is 19.8 Å². The van der Waals surface area contributed by atoms with Gasteiger partial charge in [0.2, 0.25) is 0 Å². The third-order valence-corrected chi connectivity index (χ3v) is 9.89. The van der Waals surface area contributed by atoms with Crippen molar-refractivity contribution in [1.29, 1.82) is 0 Å². The van der Waals surface area contributed by atoms with Gasteiger partial charge < -0.3 is 39.9 Å². The van der Waals surface area contributed by atoms with Crippen LogP contribution in [0.15, 0.2) is 72.9 Å². The largest absolute Gasteiger partial charge is 0.472 e. The molecule has 1 aliphatic carbocycles. The van der Waals surface area contributed by atoms with Gasteiger partial charge in [-0.25, -0.2) is 4.57 Å². The molecule has 0 aromatic carbocycles. The van der Waals surface area contributed by atoms with Gasteiger partial charge in [-0.3, -0.25) is 18.6 Å². The van der Waals surface area contributed by atoms with Crippen molar-refractivity contribution in [3.8, 4) is 0 Å². The van der Waals surface area contributed by atoms with E-state index in [0.717, 1.165) is 32.1 Å². The number of carbonyl (C=O) groups excluding carboxylic acids is 2. The minimum absolute atomic E-state index is 0.00613. The third-order valence-electron chi connectivity index (χ3n) is 8.91. The van der Waals surface area contributed by atoms with Crippen LogP contribution in [-0.4, -0.2) is 98.3 Å². The molecular weight excluding hydrogens is 743 g/mol. The van der Waals surface area contributed by atoms with Crippen LogP contribution in [0.2, 0.25) is 0 Å². The van der Waals surface area contributed by atoms with Gasteiger partial charge in [0.25, 0.3) is 0 Å². The highest BCUT2D eigenvalue weighted by atomic mass is 31.2. The second-order valence-electron chi connectivity index (χ2n) is 13.9. The van der Waals surface area contributed by atoms with E-state index in [1.165, 1.54) is 44.9 Å². The first-order chi connectivity index (χ1) is 26.9. The number of hydrogen-bond donors (Lipinski definition) is 6. The summed E-state index contributed by atoms with van der Waals surface area (Å²) >= 11 is 0. The quantitative estimate of drug-likeness (QED) is 0.0141. The van der Waals surface area contributed by atoms with E-state index >= 15 is 0 Å². The van der Waals surface area contributed by atoms with Crippen LogP contribution >= 0.6 is 7.82 Å². The zero-order valence-corrected chi connectivity index (χ0v) is 34.3. The molecule has 6 N–H and O–H groups in total. The lowest BCUT2D eigenvalue weighted by Gasteiger charge is -2.41. The van der Waals surface area contributed by atoms with Crippen LogP contribution in [0.1, 0.15) is 123 Å². The number of phosphoric ester groups is 1. The summed E-state index contributed by atoms with van der Waals surface area (Å²) in [5.74, 6) is -1.21. The molecule has 7 unspecified atom stereocenters. The molecule has 0 amide bonds. The average molecular weight is 813 g/mol. The molecule has 1 saturated carbocycles. The summed E-state index contributed by atoms with van der Waals surface area (Å²) in [5, 5.41) is 50.0. The minimum Gasteiger partial charge on any atom is -0.462 e. The standard InChI is InChI=1S/C42H69O13P/c1-3-5-7-9-11-13-15-17-19-20-22-24-26-28-30-35(43)52-32-34(33-53-56(50,51)55-42-40(48)38(46)37(45)39(47)41(42)49)54-36(44)31-29-27-25-23-21-18-16-14-12-10-8-6-4-2/h6,8,10,12,14,16,18-21,23,25,34,37-42,45-49H,3-5,7,9,11,13,15,17,22,24,26-33H2,1-2H3,(H,50,51)/b8-6+,12-10+,16-14+,20-19+,21-18+,25-23+/t34?,37?,38-,39?,40?,41?,42?/m0/s1. The summed E-state index contributed by atoms with van der Waals surface area (Å²) in [5.41, 5.74) is 0. The Hall–Kier alpha value is -2.71. The summed E-state index contributed by atoms with van der Waals surface area (Å²) in [6.45, 7) is 3.03. The molecule has 0 saturated heterocycles. The van der Waals surface area contributed by atoms with Gasteiger partial charge in [0.15, 0.2) is 6.10 Å². The molecule has 0 aromatic heterocycles. The van der Waals surface area contributed by atoms with Gasteiger partial charge in [0.05, 0.1) is 6.61 Å². The molecule has 0 bridgehead atoms. The minimum atomic E-state index is -5.14. The second-order valence-corrected chi connectivity index (χ2v) is 15.3. The van der Waals surface area contributed by atoms with Crippen molar-refractivity contribution in [2.45, 2.75) is 166 Å². The van der Waals surface area contributed by atoms with Crippen molar-refractivity contribution >= 4 is 19.8 Å². The molecule has 0 aromatic rings. The monoisotopic (exact) mass is 812 g/mol. The van der Waals surface area contributed by atoms with E-state index in [9.17, 15) is 44.6 Å². The molecule has 8 atom stereocenters. The Balaban J connectivity index is 2.59. The van der Waals surface area contributed by atoms with E-state index < -0.39 is 75.7 Å². The van der Waals surface area contributed by atoms with Crippen LogP contribution in [0.3, 0.4) is 0 Å². The topological polar surface area (TPSA) is 210 Å². The fourth-order valence-electron chi connectivity index (χ4n) is 5.60. The van der Waals surface area contributed by atoms with Crippen LogP contribution in [0.4, 0.5) is 0 Å². The predicted octanol–water partition coefficient (Wildman–Crippen LogP) is 6.77. The first-order valence-electron chi connectivity index (χ1n) is 20.3. The number of ether oxygens (including phenoxy) is 2. The SMILES string of the molecule is CC/C=C/C=C/C=C/C=C/C=C/CCCC(=O)OC(COC(=O)CCCCC/C=C/CCCCCCCCC)COP(=O)(O)OC1C(O)C(O)C(O)[C@H](O)C1O. The molecule has 1 fully saturated rings. The zero-order chi connectivity index (χ0) is 41.4. The Morgan fingerprint density at radius 1 is 0.571 bits per heavy atom. The lowest BCUT2D eigenvalue weighted by atomic mass is 9.85. The van der Waals surface area contributed by atoms with Crippen molar-refractivity contribution in [2.75, 3.05) is 13.2 Å². The molecule has 13 nitrogen and oxygen atoms in total. The molecular formula is C42H69O13P. The number of aliphatic hydroxyl groups is 5. The number of hydrogen-bond acceptors (Lipinski definition) is 12. The molecule has 1 rings (SSSR count). The number of esters is 2. The number of phosphoric acid groups is 1. The number of aliphatic hydroxyl groups excluding tert-OH is 5. The molecule has 0 aliphatic heterocycles. The Morgan fingerprint density at radius 3 is 1.64 bits per heavy atom. The summed E-state index contributed by atoms with van der Waals surface area (Å²) < 4.78 is 33.3.